The predicted molar refractivity (Wildman–Crippen MR) is 156 cm³/mol. The van der Waals surface area contributed by atoms with Crippen LogP contribution < -0.4 is 5.32 Å². The Labute approximate surface area is 232 Å². The third-order valence-corrected chi connectivity index (χ3v) is 6.89. The zero-order chi connectivity index (χ0) is 27.9. The van der Waals surface area contributed by atoms with Gasteiger partial charge in [-0.2, -0.15) is 5.10 Å². The van der Waals surface area contributed by atoms with Crippen molar-refractivity contribution in [2.75, 3.05) is 5.32 Å². The number of halogens is 1. The molecule has 7 rings (SSSR count). The minimum atomic E-state index is -0.511. The molecule has 0 aliphatic rings. The van der Waals surface area contributed by atoms with Gasteiger partial charge in [-0.05, 0) is 59.7 Å². The normalized spacial score (nSPS) is 11.2. The molecule has 4 N–H and O–H groups in total. The number of hydrogen-bond donors (Lipinski definition) is 4. The van der Waals surface area contributed by atoms with Crippen LogP contribution in [-0.2, 0) is 0 Å². The number of amides is 1. The van der Waals surface area contributed by atoms with E-state index in [1.807, 2.05) is 54.6 Å². The van der Waals surface area contributed by atoms with Crippen LogP contribution in [0.15, 0.2) is 104 Å². The number of aromatic hydroxyl groups is 1. The largest absolute Gasteiger partial charge is 0.508 e. The molecule has 0 aliphatic carbocycles. The van der Waals surface area contributed by atoms with Crippen LogP contribution >= 0.6 is 0 Å². The Morgan fingerprint density at radius 2 is 1.68 bits per heavy atom. The third-order valence-electron chi connectivity index (χ3n) is 6.89. The average molecular weight is 541 g/mol. The smallest absolute Gasteiger partial charge is 0.255 e. The molecular formula is C32H21FN6O2. The van der Waals surface area contributed by atoms with Crippen LogP contribution in [0, 0.1) is 5.82 Å². The first-order valence-corrected chi connectivity index (χ1v) is 12.8. The number of aromatic nitrogens is 5. The second kappa shape index (κ2) is 9.73. The molecule has 7 aromatic rings. The van der Waals surface area contributed by atoms with Crippen LogP contribution in [0.1, 0.15) is 10.4 Å². The molecule has 0 fully saturated rings. The van der Waals surface area contributed by atoms with E-state index in [4.69, 9.17) is 0 Å². The Kier molecular flexibility index (Phi) is 5.75. The fourth-order valence-electron chi connectivity index (χ4n) is 4.99. The first-order chi connectivity index (χ1) is 20.0. The highest BCUT2D eigenvalue weighted by atomic mass is 19.1. The van der Waals surface area contributed by atoms with Crippen molar-refractivity contribution in [2.24, 2.45) is 0 Å². The lowest BCUT2D eigenvalue weighted by molar-refractivity contribution is 0.102. The first-order valence-electron chi connectivity index (χ1n) is 12.8. The molecule has 9 heteroatoms. The summed E-state index contributed by atoms with van der Waals surface area (Å²) in [4.78, 5) is 24.9. The van der Waals surface area contributed by atoms with Crippen molar-refractivity contribution in [2.45, 2.75) is 0 Å². The molecule has 4 heterocycles. The molecule has 0 atom stereocenters. The maximum atomic E-state index is 14.0. The molecule has 0 unspecified atom stereocenters. The molecule has 3 aromatic carbocycles. The Morgan fingerprint density at radius 3 is 2.54 bits per heavy atom. The van der Waals surface area contributed by atoms with Crippen molar-refractivity contribution in [3.63, 3.8) is 0 Å². The van der Waals surface area contributed by atoms with E-state index < -0.39 is 5.82 Å². The van der Waals surface area contributed by atoms with E-state index in [1.54, 1.807) is 30.7 Å². The monoisotopic (exact) mass is 540 g/mol. The summed E-state index contributed by atoms with van der Waals surface area (Å²) < 4.78 is 14.0. The summed E-state index contributed by atoms with van der Waals surface area (Å²) in [6, 6.07) is 24.5. The molecule has 1 amide bonds. The number of aromatic amines is 2. The minimum absolute atomic E-state index is 0.136. The number of hydrogen-bond acceptors (Lipinski definition) is 5. The molecule has 0 radical (unpaired) electrons. The van der Waals surface area contributed by atoms with Crippen molar-refractivity contribution in [3.05, 3.63) is 115 Å². The third kappa shape index (κ3) is 4.55. The predicted octanol–water partition coefficient (Wildman–Crippen LogP) is 6.93. The van der Waals surface area contributed by atoms with E-state index in [1.165, 1.54) is 12.1 Å². The number of nitrogens with zero attached hydrogens (tertiary/aromatic N) is 3. The molecule has 0 bridgehead atoms. The second-order valence-corrected chi connectivity index (χ2v) is 9.62. The van der Waals surface area contributed by atoms with Gasteiger partial charge in [0.1, 0.15) is 17.3 Å². The Morgan fingerprint density at radius 1 is 0.829 bits per heavy atom. The van der Waals surface area contributed by atoms with E-state index in [2.05, 4.69) is 30.5 Å². The first kappa shape index (κ1) is 24.2. The topological polar surface area (TPSA) is 120 Å². The number of rotatable bonds is 5. The number of phenols is 1. The number of phenolic OH excluding ortho intramolecular Hbond substituents is 1. The number of pyridine rings is 2. The van der Waals surface area contributed by atoms with Crippen molar-refractivity contribution in [1.82, 2.24) is 25.1 Å². The lowest BCUT2D eigenvalue weighted by Crippen LogP contribution is -2.11. The van der Waals surface area contributed by atoms with Crippen molar-refractivity contribution >= 4 is 33.5 Å². The minimum Gasteiger partial charge on any atom is -0.508 e. The summed E-state index contributed by atoms with van der Waals surface area (Å²) in [7, 11) is 0. The molecule has 41 heavy (non-hydrogen) atoms. The second-order valence-electron chi connectivity index (χ2n) is 9.62. The van der Waals surface area contributed by atoms with Gasteiger partial charge in [-0.25, -0.2) is 9.37 Å². The van der Waals surface area contributed by atoms with Gasteiger partial charge in [0.05, 0.1) is 17.6 Å². The van der Waals surface area contributed by atoms with Crippen LogP contribution in [-0.4, -0.2) is 36.2 Å². The van der Waals surface area contributed by atoms with Crippen LogP contribution in [0.2, 0.25) is 0 Å². The highest BCUT2D eigenvalue weighted by Gasteiger charge is 2.16. The SMILES string of the molecule is O=C(Nc1cncc(-c2cnc3[nH]nc(-c4cc5c(-c6cc(O)cc(F)c6)cccc5[nH]4)c3c2)c1)c1ccccc1. The number of fused-ring (bicyclic) bond motifs is 2. The maximum Gasteiger partial charge on any atom is 0.255 e. The van der Waals surface area contributed by atoms with E-state index in [0.717, 1.165) is 44.7 Å². The molecule has 198 valence electrons. The number of carbonyl (C=O) groups excluding carboxylic acids is 1. The molecule has 0 aliphatic heterocycles. The Hall–Kier alpha value is -5.83. The van der Waals surface area contributed by atoms with Gasteiger partial charge in [0.25, 0.3) is 5.91 Å². The number of carbonyl (C=O) groups is 1. The summed E-state index contributed by atoms with van der Waals surface area (Å²) in [6.45, 7) is 0. The van der Waals surface area contributed by atoms with E-state index in [0.29, 0.717) is 28.2 Å². The van der Waals surface area contributed by atoms with Crippen LogP contribution in [0.4, 0.5) is 10.1 Å². The zero-order valence-electron chi connectivity index (χ0n) is 21.4. The average Bonchev–Trinajstić information content (AvgIpc) is 3.61. The lowest BCUT2D eigenvalue weighted by Gasteiger charge is -2.07. The van der Waals surface area contributed by atoms with Crippen molar-refractivity contribution < 1.29 is 14.3 Å². The van der Waals surface area contributed by atoms with Gasteiger partial charge in [0.2, 0.25) is 0 Å². The maximum absolute atomic E-state index is 14.0. The van der Waals surface area contributed by atoms with Gasteiger partial charge in [0.15, 0.2) is 5.65 Å². The molecule has 0 spiro atoms. The number of anilines is 1. The van der Waals surface area contributed by atoms with Gasteiger partial charge >= 0.3 is 0 Å². The molecule has 0 saturated carbocycles. The quantitative estimate of drug-likeness (QED) is 0.189. The number of nitrogens with one attached hydrogen (secondary N) is 3. The van der Waals surface area contributed by atoms with Gasteiger partial charge in [-0.15, -0.1) is 0 Å². The highest BCUT2D eigenvalue weighted by Crippen LogP contribution is 2.36. The number of H-pyrrole nitrogens is 2. The Balaban J connectivity index is 1.25. The molecule has 4 aromatic heterocycles. The van der Waals surface area contributed by atoms with Gasteiger partial charge in [-0.1, -0.05) is 30.3 Å². The fourth-order valence-corrected chi connectivity index (χ4v) is 4.99. The summed E-state index contributed by atoms with van der Waals surface area (Å²) >= 11 is 0. The van der Waals surface area contributed by atoms with E-state index in [-0.39, 0.29) is 11.7 Å². The molecular weight excluding hydrogens is 519 g/mol. The van der Waals surface area contributed by atoms with E-state index in [9.17, 15) is 14.3 Å². The Bertz CT molecular complexity index is 2060. The highest BCUT2D eigenvalue weighted by molar-refractivity contribution is 6.04. The standard InChI is InChI=1S/C32H21FN6O2/c33-22-9-19(11-24(40)13-22)25-7-4-8-28-26(25)14-29(37-28)30-27-12-21(16-35-31(27)39-38-30)20-10-23(17-34-15-20)36-32(41)18-5-2-1-3-6-18/h1-17,37,40H,(H,36,41)(H,35,38,39). The number of benzene rings is 3. The fraction of sp³-hybridized carbons (Fsp3) is 0. The van der Waals surface area contributed by atoms with Crippen molar-refractivity contribution in [1.29, 1.82) is 0 Å². The molecule has 0 saturated heterocycles. The van der Waals surface area contributed by atoms with Crippen LogP contribution in [0.25, 0.3) is 55.6 Å². The summed E-state index contributed by atoms with van der Waals surface area (Å²) in [6.07, 6.45) is 5.04. The van der Waals surface area contributed by atoms with Crippen LogP contribution in [0.3, 0.4) is 0 Å². The van der Waals surface area contributed by atoms with Crippen molar-refractivity contribution in [3.8, 4) is 39.4 Å². The lowest BCUT2D eigenvalue weighted by atomic mass is 10.0. The van der Waals surface area contributed by atoms with Gasteiger partial charge in [-0.3, -0.25) is 14.9 Å². The summed E-state index contributed by atoms with van der Waals surface area (Å²) in [5.74, 6) is -0.868. The summed E-state index contributed by atoms with van der Waals surface area (Å²) in [5.41, 5.74) is 6.92. The summed E-state index contributed by atoms with van der Waals surface area (Å²) in [5, 5.41) is 22.0. The zero-order valence-corrected chi connectivity index (χ0v) is 21.4. The molecule has 8 nitrogen and oxygen atoms in total. The van der Waals surface area contributed by atoms with Gasteiger partial charge in [0, 0.05) is 51.4 Å². The van der Waals surface area contributed by atoms with Crippen LogP contribution in [0.5, 0.6) is 5.75 Å². The van der Waals surface area contributed by atoms with E-state index >= 15 is 0 Å². The van der Waals surface area contributed by atoms with Gasteiger partial charge < -0.3 is 15.4 Å².